The van der Waals surface area contributed by atoms with Gasteiger partial charge in [-0.1, -0.05) is 19.4 Å². The number of ether oxygens (including phenoxy) is 2. The Balaban J connectivity index is 1.52. The number of rotatable bonds is 8. The van der Waals surface area contributed by atoms with E-state index in [1.54, 1.807) is 12.1 Å². The molecule has 2 amide bonds. The van der Waals surface area contributed by atoms with Crippen LogP contribution in [0.4, 0.5) is 4.39 Å². The van der Waals surface area contributed by atoms with E-state index in [4.69, 9.17) is 9.47 Å². The lowest BCUT2D eigenvalue weighted by Crippen LogP contribution is -2.48. The number of carbonyl (C=O) groups is 2. The predicted molar refractivity (Wildman–Crippen MR) is 123 cm³/mol. The van der Waals surface area contributed by atoms with Crippen molar-refractivity contribution in [2.45, 2.75) is 51.2 Å². The van der Waals surface area contributed by atoms with Crippen molar-refractivity contribution in [3.05, 3.63) is 58.2 Å². The number of hydrogen-bond acceptors (Lipinski definition) is 6. The maximum atomic E-state index is 14.7. The molecule has 0 radical (unpaired) electrons. The van der Waals surface area contributed by atoms with Crippen molar-refractivity contribution in [1.29, 1.82) is 0 Å². The van der Waals surface area contributed by atoms with E-state index >= 15 is 0 Å². The molecule has 3 N–H and O–H groups in total. The Morgan fingerprint density at radius 2 is 2.09 bits per heavy atom. The van der Waals surface area contributed by atoms with E-state index in [1.807, 2.05) is 6.92 Å². The Bertz CT molecular complexity index is 1060. The van der Waals surface area contributed by atoms with E-state index in [9.17, 15) is 19.1 Å². The summed E-state index contributed by atoms with van der Waals surface area (Å²) < 4.78 is 25.6. The highest BCUT2D eigenvalue weighted by Crippen LogP contribution is 2.31. The Kier molecular flexibility index (Phi) is 7.74. The molecule has 1 aromatic heterocycles. The van der Waals surface area contributed by atoms with Gasteiger partial charge in [0.25, 0.3) is 11.8 Å². The lowest BCUT2D eigenvalue weighted by atomic mass is 10.0. The van der Waals surface area contributed by atoms with E-state index in [1.165, 1.54) is 12.1 Å². The number of carbonyl (C=O) groups excluding carboxylic acids is 2. The summed E-state index contributed by atoms with van der Waals surface area (Å²) in [6.45, 7) is 3.64. The number of aliphatic hydroxyl groups excluding tert-OH is 1. The second-order valence-electron chi connectivity index (χ2n) is 8.65. The summed E-state index contributed by atoms with van der Waals surface area (Å²) in [6, 6.07) is 5.77. The highest BCUT2D eigenvalue weighted by atomic mass is 19.1. The molecule has 0 bridgehead atoms. The van der Waals surface area contributed by atoms with Gasteiger partial charge < -0.3 is 25.2 Å². The fourth-order valence-corrected chi connectivity index (χ4v) is 4.17. The molecule has 9 heteroatoms. The van der Waals surface area contributed by atoms with Crippen LogP contribution in [0.2, 0.25) is 0 Å². The first kappa shape index (κ1) is 24.1. The highest BCUT2D eigenvalue weighted by molar-refractivity contribution is 5.94. The highest BCUT2D eigenvalue weighted by Gasteiger charge is 2.28. The summed E-state index contributed by atoms with van der Waals surface area (Å²) >= 11 is 0. The van der Waals surface area contributed by atoms with Crippen molar-refractivity contribution in [3.8, 4) is 5.75 Å². The average Bonchev–Trinajstić information content (AvgIpc) is 3.30. The first-order chi connectivity index (χ1) is 16.5. The quantitative estimate of drug-likeness (QED) is 0.509. The molecular weight excluding hydrogens is 441 g/mol. The number of unbranched alkanes of at least 4 members (excludes halogenated alkanes) is 1. The third kappa shape index (κ3) is 5.53. The van der Waals surface area contributed by atoms with Gasteiger partial charge in [-0.2, -0.15) is 0 Å². The fraction of sp³-hybridized carbons (Fsp3) is 0.480. The molecule has 0 spiro atoms. The second-order valence-corrected chi connectivity index (χ2v) is 8.65. The zero-order valence-corrected chi connectivity index (χ0v) is 19.2. The molecule has 1 aromatic carbocycles. The summed E-state index contributed by atoms with van der Waals surface area (Å²) in [5, 5.41) is 15.6. The van der Waals surface area contributed by atoms with Gasteiger partial charge >= 0.3 is 0 Å². The van der Waals surface area contributed by atoms with Gasteiger partial charge in [-0.3, -0.25) is 9.59 Å². The van der Waals surface area contributed by atoms with Gasteiger partial charge in [0.15, 0.2) is 0 Å². The number of aliphatic hydroxyl groups is 1. The molecule has 2 atom stereocenters. The maximum absolute atomic E-state index is 14.7. The van der Waals surface area contributed by atoms with E-state index in [-0.39, 0.29) is 23.8 Å². The van der Waals surface area contributed by atoms with Crippen molar-refractivity contribution in [3.63, 3.8) is 0 Å². The summed E-state index contributed by atoms with van der Waals surface area (Å²) in [6.07, 6.45) is 2.42. The summed E-state index contributed by atoms with van der Waals surface area (Å²) in [7, 11) is 0. The number of pyridine rings is 1. The van der Waals surface area contributed by atoms with Crippen LogP contribution in [0, 0.1) is 5.82 Å². The Morgan fingerprint density at radius 1 is 1.24 bits per heavy atom. The molecule has 1 fully saturated rings. The van der Waals surface area contributed by atoms with Crippen LogP contribution in [-0.4, -0.2) is 60.4 Å². The molecule has 0 saturated carbocycles. The largest absolute Gasteiger partial charge is 0.491 e. The SMILES string of the molecule is CCCCNC(=O)c1ccc(Cc2cc(C(=O)N[C@H]3CCOC[C@@H]3O)nc3c2OCC3)cc1F. The molecule has 0 aliphatic carbocycles. The van der Waals surface area contributed by atoms with Crippen LogP contribution in [0.1, 0.15) is 63.9 Å². The monoisotopic (exact) mass is 471 g/mol. The van der Waals surface area contributed by atoms with Crippen LogP contribution in [0.25, 0.3) is 0 Å². The van der Waals surface area contributed by atoms with Crippen LogP contribution in [0.15, 0.2) is 24.3 Å². The van der Waals surface area contributed by atoms with Gasteiger partial charge in [-0.05, 0) is 36.6 Å². The normalized spacial score (nSPS) is 19.3. The van der Waals surface area contributed by atoms with E-state index in [0.717, 1.165) is 18.4 Å². The standard InChI is InChI=1S/C25H30FN3O5/c1-2-3-8-27-24(31)17-5-4-15(12-18(17)26)11-16-13-21(28-20-7-10-34-23(16)20)25(32)29-19-6-9-33-14-22(19)30/h4-5,12-13,19,22,30H,2-3,6-11,14H2,1H3,(H,27,31)(H,29,32)/t19-,22-/m0/s1. The smallest absolute Gasteiger partial charge is 0.270 e. The molecule has 1 saturated heterocycles. The third-order valence-corrected chi connectivity index (χ3v) is 6.07. The van der Waals surface area contributed by atoms with Crippen LogP contribution < -0.4 is 15.4 Å². The summed E-state index contributed by atoms with van der Waals surface area (Å²) in [5.74, 6) is -0.791. The van der Waals surface area contributed by atoms with E-state index in [0.29, 0.717) is 56.0 Å². The van der Waals surface area contributed by atoms with Crippen molar-refractivity contribution < 1.29 is 28.6 Å². The van der Waals surface area contributed by atoms with Crippen molar-refractivity contribution in [2.24, 2.45) is 0 Å². The van der Waals surface area contributed by atoms with Gasteiger partial charge in [0, 0.05) is 31.6 Å². The van der Waals surface area contributed by atoms with E-state index < -0.39 is 23.9 Å². The number of benzene rings is 1. The van der Waals surface area contributed by atoms with Gasteiger partial charge in [0.1, 0.15) is 17.3 Å². The molecule has 0 unspecified atom stereocenters. The zero-order valence-electron chi connectivity index (χ0n) is 19.2. The van der Waals surface area contributed by atoms with Crippen molar-refractivity contribution in [1.82, 2.24) is 15.6 Å². The topological polar surface area (TPSA) is 110 Å². The van der Waals surface area contributed by atoms with Crippen LogP contribution in [-0.2, 0) is 17.6 Å². The van der Waals surface area contributed by atoms with Gasteiger partial charge in [-0.15, -0.1) is 0 Å². The predicted octanol–water partition coefficient (Wildman–Crippen LogP) is 2.16. The molecular formula is C25H30FN3O5. The minimum atomic E-state index is -0.768. The number of nitrogens with zero attached hydrogens (tertiary/aromatic N) is 1. The molecule has 2 aliphatic rings. The Morgan fingerprint density at radius 3 is 2.85 bits per heavy atom. The van der Waals surface area contributed by atoms with Crippen molar-refractivity contribution in [2.75, 3.05) is 26.4 Å². The second kappa shape index (κ2) is 10.9. The number of amides is 2. The fourth-order valence-electron chi connectivity index (χ4n) is 4.17. The van der Waals surface area contributed by atoms with Crippen LogP contribution in [0.5, 0.6) is 5.75 Å². The lowest BCUT2D eigenvalue weighted by molar-refractivity contribution is -0.0261. The molecule has 34 heavy (non-hydrogen) atoms. The summed E-state index contributed by atoms with van der Waals surface area (Å²) in [5.41, 5.74) is 2.29. The van der Waals surface area contributed by atoms with Gasteiger partial charge in [0.2, 0.25) is 0 Å². The lowest BCUT2D eigenvalue weighted by Gasteiger charge is -2.28. The third-order valence-electron chi connectivity index (χ3n) is 6.07. The molecule has 8 nitrogen and oxygen atoms in total. The molecule has 2 aliphatic heterocycles. The number of hydrogen-bond donors (Lipinski definition) is 3. The molecule has 3 heterocycles. The number of halogens is 1. The first-order valence-corrected chi connectivity index (χ1v) is 11.7. The first-order valence-electron chi connectivity index (χ1n) is 11.7. The van der Waals surface area contributed by atoms with E-state index in [2.05, 4.69) is 15.6 Å². The Labute approximate surface area is 197 Å². The minimum absolute atomic E-state index is 0.00569. The molecule has 4 rings (SSSR count). The summed E-state index contributed by atoms with van der Waals surface area (Å²) in [4.78, 5) is 29.6. The number of nitrogens with one attached hydrogen (secondary N) is 2. The Hall–Kier alpha value is -3.04. The molecule has 2 aromatic rings. The number of fused-ring (bicyclic) bond motifs is 1. The minimum Gasteiger partial charge on any atom is -0.491 e. The molecule has 182 valence electrons. The zero-order chi connectivity index (χ0) is 24.1. The number of aromatic nitrogens is 1. The maximum Gasteiger partial charge on any atom is 0.270 e. The van der Waals surface area contributed by atoms with Crippen LogP contribution >= 0.6 is 0 Å². The van der Waals surface area contributed by atoms with Gasteiger partial charge in [-0.25, -0.2) is 9.37 Å². The average molecular weight is 472 g/mol. The van der Waals surface area contributed by atoms with Crippen LogP contribution in [0.3, 0.4) is 0 Å². The van der Waals surface area contributed by atoms with Gasteiger partial charge in [0.05, 0.1) is 36.6 Å². The van der Waals surface area contributed by atoms with Crippen molar-refractivity contribution >= 4 is 11.8 Å².